The molecule has 0 aliphatic heterocycles. The van der Waals surface area contributed by atoms with Crippen molar-refractivity contribution in [3.8, 4) is 0 Å². The molecule has 1 aromatic heterocycles. The number of rotatable bonds is 8. The summed E-state index contributed by atoms with van der Waals surface area (Å²) >= 11 is 1.62. The number of carbonyl (C=O) groups is 1. The number of hydrogen-bond donors (Lipinski definition) is 2. The van der Waals surface area contributed by atoms with Gasteiger partial charge in [-0.3, -0.25) is 5.21 Å². The molecule has 5 nitrogen and oxygen atoms in total. The van der Waals surface area contributed by atoms with Crippen LogP contribution in [0, 0.1) is 0 Å². The Kier molecular flexibility index (Phi) is 7.40. The highest BCUT2D eigenvalue weighted by Crippen LogP contribution is 2.09. The third-order valence-electron chi connectivity index (χ3n) is 2.31. The molecule has 1 aromatic rings. The van der Waals surface area contributed by atoms with Crippen LogP contribution in [-0.4, -0.2) is 36.0 Å². The first-order chi connectivity index (χ1) is 8.74. The van der Waals surface area contributed by atoms with Crippen LogP contribution < -0.4 is 5.32 Å². The predicted molar refractivity (Wildman–Crippen MR) is 70.8 cm³/mol. The summed E-state index contributed by atoms with van der Waals surface area (Å²) in [5, 5.41) is 14.7. The third-order valence-corrected chi connectivity index (χ3v) is 3.16. The molecule has 18 heavy (non-hydrogen) atoms. The average Bonchev–Trinajstić information content (AvgIpc) is 2.87. The zero-order chi connectivity index (χ0) is 13.2. The van der Waals surface area contributed by atoms with Gasteiger partial charge in [0.05, 0.1) is 19.8 Å². The van der Waals surface area contributed by atoms with E-state index in [2.05, 4.69) is 5.32 Å². The maximum Gasteiger partial charge on any atom is 0.341 e. The van der Waals surface area contributed by atoms with Crippen LogP contribution in [0.5, 0.6) is 0 Å². The number of nitrogens with zero attached hydrogens (tertiary/aromatic N) is 1. The van der Waals surface area contributed by atoms with Crippen molar-refractivity contribution < 1.29 is 14.7 Å². The van der Waals surface area contributed by atoms with Crippen molar-refractivity contribution in [2.75, 3.05) is 19.7 Å². The maximum atomic E-state index is 11.4. The van der Waals surface area contributed by atoms with Crippen molar-refractivity contribution in [1.82, 2.24) is 10.4 Å². The Morgan fingerprint density at radius 2 is 2.44 bits per heavy atom. The van der Waals surface area contributed by atoms with Gasteiger partial charge in [0.2, 0.25) is 0 Å². The molecule has 0 radical (unpaired) electrons. The lowest BCUT2D eigenvalue weighted by Gasteiger charge is -2.15. The number of hydrogen-bond acceptors (Lipinski definition) is 4. The summed E-state index contributed by atoms with van der Waals surface area (Å²) < 4.78 is 5.35. The van der Waals surface area contributed by atoms with Gasteiger partial charge < -0.3 is 10.1 Å². The second-order valence-corrected chi connectivity index (χ2v) is 4.87. The molecule has 0 saturated carbocycles. The van der Waals surface area contributed by atoms with E-state index in [1.807, 2.05) is 24.4 Å². The molecule has 0 atom stereocenters. The van der Waals surface area contributed by atoms with Gasteiger partial charge in [0.25, 0.3) is 0 Å². The molecule has 0 aliphatic rings. The molecule has 0 bridgehead atoms. The highest BCUT2D eigenvalue weighted by atomic mass is 32.1. The first kappa shape index (κ1) is 14.9. The van der Waals surface area contributed by atoms with E-state index in [0.29, 0.717) is 24.8 Å². The fourth-order valence-electron chi connectivity index (χ4n) is 1.28. The molecule has 0 fully saturated rings. The molecule has 0 aliphatic carbocycles. The Morgan fingerprint density at radius 1 is 1.61 bits per heavy atom. The Morgan fingerprint density at radius 3 is 3.11 bits per heavy atom. The molecular weight excluding hydrogens is 252 g/mol. The molecule has 0 saturated heterocycles. The van der Waals surface area contributed by atoms with Gasteiger partial charge in [-0.25, -0.2) is 9.86 Å². The van der Waals surface area contributed by atoms with E-state index in [4.69, 9.17) is 4.74 Å². The molecule has 1 rings (SSSR count). The Labute approximate surface area is 111 Å². The van der Waals surface area contributed by atoms with Gasteiger partial charge in [0.1, 0.15) is 0 Å². The monoisotopic (exact) mass is 272 g/mol. The Hall–Kier alpha value is -1.11. The van der Waals surface area contributed by atoms with E-state index < -0.39 is 6.03 Å². The molecular formula is C12H20N2O3S. The van der Waals surface area contributed by atoms with Crippen molar-refractivity contribution in [2.24, 2.45) is 0 Å². The smallest absolute Gasteiger partial charge is 0.341 e. The van der Waals surface area contributed by atoms with Gasteiger partial charge in [-0.2, -0.15) is 0 Å². The summed E-state index contributed by atoms with van der Waals surface area (Å²) in [6, 6.07) is 3.48. The standard InChI is InChI=1S/C12H20N2O3S/c1-2-3-6-13-12(15)14(16)7-8-17-10-11-5-4-9-18-11/h4-5,9,16H,2-3,6-8,10H2,1H3,(H,13,15). The number of hydroxylamine groups is 2. The lowest BCUT2D eigenvalue weighted by atomic mass is 10.3. The number of unbranched alkanes of at least 4 members (excludes halogenated alkanes) is 1. The van der Waals surface area contributed by atoms with Gasteiger partial charge in [-0.15, -0.1) is 11.3 Å². The maximum absolute atomic E-state index is 11.4. The highest BCUT2D eigenvalue weighted by molar-refractivity contribution is 7.09. The SMILES string of the molecule is CCCCNC(=O)N(O)CCOCc1cccs1. The van der Waals surface area contributed by atoms with Crippen LogP contribution in [0.4, 0.5) is 4.79 Å². The van der Waals surface area contributed by atoms with Crippen LogP contribution in [0.25, 0.3) is 0 Å². The van der Waals surface area contributed by atoms with E-state index in [9.17, 15) is 10.0 Å². The van der Waals surface area contributed by atoms with E-state index in [1.54, 1.807) is 11.3 Å². The predicted octanol–water partition coefficient (Wildman–Crippen LogP) is 2.47. The zero-order valence-corrected chi connectivity index (χ0v) is 11.4. The minimum atomic E-state index is -0.469. The molecule has 6 heteroatoms. The molecule has 0 aromatic carbocycles. The second kappa shape index (κ2) is 8.91. The van der Waals surface area contributed by atoms with Crippen molar-refractivity contribution >= 4 is 17.4 Å². The Balaban J connectivity index is 2.05. The number of ether oxygens (including phenoxy) is 1. The molecule has 1 heterocycles. The van der Waals surface area contributed by atoms with Gasteiger partial charge in [-0.05, 0) is 17.9 Å². The normalized spacial score (nSPS) is 10.3. The minimum Gasteiger partial charge on any atom is -0.374 e. The summed E-state index contributed by atoms with van der Waals surface area (Å²) in [5.74, 6) is 0. The topological polar surface area (TPSA) is 61.8 Å². The minimum absolute atomic E-state index is 0.170. The van der Waals surface area contributed by atoms with Crippen LogP contribution in [0.3, 0.4) is 0 Å². The van der Waals surface area contributed by atoms with Crippen molar-refractivity contribution in [3.63, 3.8) is 0 Å². The summed E-state index contributed by atoms with van der Waals surface area (Å²) in [7, 11) is 0. The summed E-state index contributed by atoms with van der Waals surface area (Å²) in [6.07, 6.45) is 1.92. The molecule has 2 amide bonds. The Bertz CT molecular complexity index is 330. The first-order valence-electron chi connectivity index (χ1n) is 6.08. The van der Waals surface area contributed by atoms with Gasteiger partial charge in [0, 0.05) is 11.4 Å². The van der Waals surface area contributed by atoms with E-state index in [0.717, 1.165) is 17.7 Å². The summed E-state index contributed by atoms with van der Waals surface area (Å²) in [6.45, 7) is 3.63. The molecule has 0 spiro atoms. The number of nitrogens with one attached hydrogen (secondary N) is 1. The number of carbonyl (C=O) groups excluding carboxylic acids is 1. The second-order valence-electron chi connectivity index (χ2n) is 3.84. The lowest BCUT2D eigenvalue weighted by molar-refractivity contribution is -0.0610. The lowest BCUT2D eigenvalue weighted by Crippen LogP contribution is -2.39. The van der Waals surface area contributed by atoms with E-state index in [-0.39, 0.29) is 6.54 Å². The largest absolute Gasteiger partial charge is 0.374 e. The molecule has 0 unspecified atom stereocenters. The van der Waals surface area contributed by atoms with E-state index >= 15 is 0 Å². The van der Waals surface area contributed by atoms with Crippen LogP contribution >= 0.6 is 11.3 Å². The average molecular weight is 272 g/mol. The van der Waals surface area contributed by atoms with E-state index in [1.165, 1.54) is 0 Å². The van der Waals surface area contributed by atoms with Crippen molar-refractivity contribution in [3.05, 3.63) is 22.4 Å². The number of urea groups is 1. The van der Waals surface area contributed by atoms with Crippen LogP contribution in [0.2, 0.25) is 0 Å². The molecule has 102 valence electrons. The van der Waals surface area contributed by atoms with Crippen LogP contribution in [-0.2, 0) is 11.3 Å². The summed E-state index contributed by atoms with van der Waals surface area (Å²) in [5.41, 5.74) is 0. The third kappa shape index (κ3) is 6.00. The van der Waals surface area contributed by atoms with Gasteiger partial charge in [0.15, 0.2) is 0 Å². The van der Waals surface area contributed by atoms with Crippen molar-refractivity contribution in [2.45, 2.75) is 26.4 Å². The highest BCUT2D eigenvalue weighted by Gasteiger charge is 2.08. The van der Waals surface area contributed by atoms with Gasteiger partial charge in [-0.1, -0.05) is 19.4 Å². The fraction of sp³-hybridized carbons (Fsp3) is 0.583. The number of amides is 2. The number of thiophene rings is 1. The zero-order valence-electron chi connectivity index (χ0n) is 10.6. The van der Waals surface area contributed by atoms with Gasteiger partial charge >= 0.3 is 6.03 Å². The fourth-order valence-corrected chi connectivity index (χ4v) is 1.92. The summed E-state index contributed by atoms with van der Waals surface area (Å²) in [4.78, 5) is 12.5. The first-order valence-corrected chi connectivity index (χ1v) is 6.96. The quantitative estimate of drug-likeness (QED) is 0.434. The van der Waals surface area contributed by atoms with Crippen molar-refractivity contribution in [1.29, 1.82) is 0 Å². The molecule has 2 N–H and O–H groups in total. The van der Waals surface area contributed by atoms with Crippen LogP contribution in [0.15, 0.2) is 17.5 Å². The van der Waals surface area contributed by atoms with Crippen LogP contribution in [0.1, 0.15) is 24.6 Å².